The van der Waals surface area contributed by atoms with Crippen LogP contribution in [0.5, 0.6) is 5.75 Å². The number of aromatic nitrogens is 2. The lowest BCUT2D eigenvalue weighted by molar-refractivity contribution is 0.140. The standard InChI is InChI=1S/C26H33N5O2/c1-3-27-26(28-14-11-21-6-9-23(10-7-21)31-15-4-13-30-31)29-18-22-8-5-20(2)17-25(22)33-24-12-16-32-19-24/h4-10,13,15,17,24H,3,11-12,14,16,18-19H2,1-2H3,(H2,27,28,29). The molecule has 1 fully saturated rings. The molecule has 0 radical (unpaired) electrons. The Balaban J connectivity index is 1.34. The number of nitrogens with one attached hydrogen (secondary N) is 2. The van der Waals surface area contributed by atoms with Crippen LogP contribution in [0.15, 0.2) is 65.9 Å². The predicted octanol–water partition coefficient (Wildman–Crippen LogP) is 3.65. The number of aliphatic imine (C=N–C) groups is 1. The molecular weight excluding hydrogens is 414 g/mol. The average molecular weight is 448 g/mol. The maximum Gasteiger partial charge on any atom is 0.191 e. The Morgan fingerprint density at radius 2 is 2.09 bits per heavy atom. The van der Waals surface area contributed by atoms with Gasteiger partial charge < -0.3 is 20.1 Å². The van der Waals surface area contributed by atoms with Crippen molar-refractivity contribution in [3.63, 3.8) is 0 Å². The van der Waals surface area contributed by atoms with E-state index in [1.807, 2.05) is 16.9 Å². The van der Waals surface area contributed by atoms with Crippen LogP contribution < -0.4 is 15.4 Å². The number of rotatable bonds is 9. The maximum atomic E-state index is 6.21. The van der Waals surface area contributed by atoms with Crippen LogP contribution >= 0.6 is 0 Å². The molecule has 2 N–H and O–H groups in total. The van der Waals surface area contributed by atoms with Gasteiger partial charge in [-0.3, -0.25) is 0 Å². The summed E-state index contributed by atoms with van der Waals surface area (Å²) in [5, 5.41) is 11.1. The zero-order valence-corrected chi connectivity index (χ0v) is 19.5. The number of hydrogen-bond donors (Lipinski definition) is 2. The first kappa shape index (κ1) is 22.9. The number of guanidine groups is 1. The summed E-state index contributed by atoms with van der Waals surface area (Å²) in [6.07, 6.45) is 5.70. The van der Waals surface area contributed by atoms with Crippen LogP contribution in [0.2, 0.25) is 0 Å². The minimum absolute atomic E-state index is 0.126. The molecular formula is C26H33N5O2. The third-order valence-corrected chi connectivity index (χ3v) is 5.57. The zero-order valence-electron chi connectivity index (χ0n) is 19.5. The monoisotopic (exact) mass is 447 g/mol. The maximum absolute atomic E-state index is 6.21. The summed E-state index contributed by atoms with van der Waals surface area (Å²) >= 11 is 0. The molecule has 0 spiro atoms. The summed E-state index contributed by atoms with van der Waals surface area (Å²) in [7, 11) is 0. The van der Waals surface area contributed by atoms with E-state index in [9.17, 15) is 0 Å². The van der Waals surface area contributed by atoms with Gasteiger partial charge in [0.1, 0.15) is 11.9 Å². The van der Waals surface area contributed by atoms with Gasteiger partial charge in [-0.25, -0.2) is 9.67 Å². The molecule has 4 rings (SSSR count). The summed E-state index contributed by atoms with van der Waals surface area (Å²) in [6.45, 7) is 7.74. The molecule has 7 nitrogen and oxygen atoms in total. The van der Waals surface area contributed by atoms with Crippen LogP contribution in [0.3, 0.4) is 0 Å². The Bertz CT molecular complexity index is 1030. The van der Waals surface area contributed by atoms with E-state index >= 15 is 0 Å². The van der Waals surface area contributed by atoms with Gasteiger partial charge in [-0.1, -0.05) is 24.3 Å². The van der Waals surface area contributed by atoms with Crippen molar-refractivity contribution >= 4 is 5.96 Å². The Hall–Kier alpha value is -3.32. The molecule has 1 aromatic heterocycles. The second-order valence-electron chi connectivity index (χ2n) is 8.20. The van der Waals surface area contributed by atoms with Crippen LogP contribution in [-0.2, 0) is 17.7 Å². The Morgan fingerprint density at radius 1 is 1.21 bits per heavy atom. The van der Waals surface area contributed by atoms with Gasteiger partial charge in [0.2, 0.25) is 0 Å². The number of nitrogens with zero attached hydrogens (tertiary/aromatic N) is 3. The Kier molecular flexibility index (Phi) is 7.98. The van der Waals surface area contributed by atoms with Crippen molar-refractivity contribution in [2.75, 3.05) is 26.3 Å². The molecule has 1 aliphatic heterocycles. The van der Waals surface area contributed by atoms with Gasteiger partial charge in [0.25, 0.3) is 0 Å². The quantitative estimate of drug-likeness (QED) is 0.387. The first-order valence-electron chi connectivity index (χ1n) is 11.7. The van der Waals surface area contributed by atoms with Crippen LogP contribution in [0.4, 0.5) is 0 Å². The largest absolute Gasteiger partial charge is 0.488 e. The normalized spacial score (nSPS) is 16.1. The summed E-state index contributed by atoms with van der Waals surface area (Å²) in [5.74, 6) is 1.71. The SMILES string of the molecule is CCNC(=NCc1ccc(C)cc1OC1CCOC1)NCCc1ccc(-n2cccn2)cc1. The van der Waals surface area contributed by atoms with E-state index in [1.165, 1.54) is 11.1 Å². The Labute approximate surface area is 195 Å². The Morgan fingerprint density at radius 3 is 2.82 bits per heavy atom. The van der Waals surface area contributed by atoms with Crippen molar-refractivity contribution < 1.29 is 9.47 Å². The smallest absolute Gasteiger partial charge is 0.191 e. The van der Waals surface area contributed by atoms with Crippen LogP contribution in [-0.4, -0.2) is 48.1 Å². The van der Waals surface area contributed by atoms with E-state index in [0.717, 1.165) is 55.5 Å². The molecule has 0 bridgehead atoms. The number of hydrogen-bond acceptors (Lipinski definition) is 4. The molecule has 2 aromatic carbocycles. The van der Waals surface area contributed by atoms with Crippen molar-refractivity contribution in [1.29, 1.82) is 0 Å². The average Bonchev–Trinajstić information content (AvgIpc) is 3.54. The second kappa shape index (κ2) is 11.5. The number of benzene rings is 2. The topological polar surface area (TPSA) is 72.7 Å². The third-order valence-electron chi connectivity index (χ3n) is 5.57. The van der Waals surface area contributed by atoms with Crippen molar-refractivity contribution in [2.45, 2.75) is 39.3 Å². The first-order chi connectivity index (χ1) is 16.2. The zero-order chi connectivity index (χ0) is 22.9. The molecule has 0 saturated carbocycles. The lowest BCUT2D eigenvalue weighted by Crippen LogP contribution is -2.38. The van der Waals surface area contributed by atoms with E-state index in [2.05, 4.69) is 72.0 Å². The molecule has 1 unspecified atom stereocenters. The first-order valence-corrected chi connectivity index (χ1v) is 11.7. The fourth-order valence-corrected chi connectivity index (χ4v) is 3.76. The third kappa shape index (κ3) is 6.58. The summed E-state index contributed by atoms with van der Waals surface area (Å²) in [4.78, 5) is 4.80. The van der Waals surface area contributed by atoms with Gasteiger partial charge in [-0.05, 0) is 55.7 Å². The van der Waals surface area contributed by atoms with Crippen molar-refractivity contribution in [1.82, 2.24) is 20.4 Å². The van der Waals surface area contributed by atoms with Gasteiger partial charge in [0, 0.05) is 37.5 Å². The van der Waals surface area contributed by atoms with Gasteiger partial charge in [-0.15, -0.1) is 0 Å². The van der Waals surface area contributed by atoms with Crippen LogP contribution in [0.25, 0.3) is 5.69 Å². The van der Waals surface area contributed by atoms with E-state index in [4.69, 9.17) is 14.5 Å². The highest BCUT2D eigenvalue weighted by molar-refractivity contribution is 5.79. The predicted molar refractivity (Wildman–Crippen MR) is 131 cm³/mol. The van der Waals surface area contributed by atoms with Crippen LogP contribution in [0.1, 0.15) is 30.0 Å². The van der Waals surface area contributed by atoms with Gasteiger partial charge >= 0.3 is 0 Å². The van der Waals surface area contributed by atoms with Crippen LogP contribution in [0, 0.1) is 6.92 Å². The van der Waals surface area contributed by atoms with Crippen molar-refractivity contribution in [3.8, 4) is 11.4 Å². The van der Waals surface area contributed by atoms with Gasteiger partial charge in [-0.2, -0.15) is 5.10 Å². The van der Waals surface area contributed by atoms with E-state index < -0.39 is 0 Å². The highest BCUT2D eigenvalue weighted by Crippen LogP contribution is 2.24. The molecule has 3 aromatic rings. The molecule has 1 atom stereocenters. The van der Waals surface area contributed by atoms with Gasteiger partial charge in [0.15, 0.2) is 5.96 Å². The van der Waals surface area contributed by atoms with Crippen molar-refractivity contribution in [2.24, 2.45) is 4.99 Å². The van der Waals surface area contributed by atoms with Crippen molar-refractivity contribution in [3.05, 3.63) is 77.6 Å². The minimum Gasteiger partial charge on any atom is -0.488 e. The molecule has 2 heterocycles. The number of ether oxygens (including phenoxy) is 2. The molecule has 0 aliphatic carbocycles. The summed E-state index contributed by atoms with van der Waals surface area (Å²) in [6, 6.07) is 16.7. The number of aryl methyl sites for hydroxylation is 1. The fourth-order valence-electron chi connectivity index (χ4n) is 3.76. The lowest BCUT2D eigenvalue weighted by atomic mass is 10.1. The second-order valence-corrected chi connectivity index (χ2v) is 8.20. The lowest BCUT2D eigenvalue weighted by Gasteiger charge is -2.16. The molecule has 7 heteroatoms. The van der Waals surface area contributed by atoms with E-state index in [1.54, 1.807) is 6.20 Å². The fraction of sp³-hybridized carbons (Fsp3) is 0.385. The van der Waals surface area contributed by atoms with E-state index in [0.29, 0.717) is 13.2 Å². The molecule has 0 amide bonds. The summed E-state index contributed by atoms with van der Waals surface area (Å²) in [5.41, 5.74) is 4.59. The highest BCUT2D eigenvalue weighted by Gasteiger charge is 2.18. The highest BCUT2D eigenvalue weighted by atomic mass is 16.5. The molecule has 1 aliphatic rings. The minimum atomic E-state index is 0.126. The summed E-state index contributed by atoms with van der Waals surface area (Å²) < 4.78 is 13.5. The van der Waals surface area contributed by atoms with E-state index in [-0.39, 0.29) is 6.10 Å². The van der Waals surface area contributed by atoms with Gasteiger partial charge in [0.05, 0.1) is 25.4 Å². The molecule has 1 saturated heterocycles. The molecule has 33 heavy (non-hydrogen) atoms. The molecule has 174 valence electrons.